The van der Waals surface area contributed by atoms with E-state index < -0.39 is 0 Å². The van der Waals surface area contributed by atoms with E-state index in [1.54, 1.807) is 11.3 Å². The summed E-state index contributed by atoms with van der Waals surface area (Å²) in [6.45, 7) is 6.05. The SMILES string of the molecule is CC.Cc1cccc2c(=O)c3ccccc3sc12. The maximum absolute atomic E-state index is 12.2. The molecule has 0 fully saturated rings. The molecule has 2 heteroatoms. The molecule has 1 heterocycles. The highest BCUT2D eigenvalue weighted by molar-refractivity contribution is 7.24. The van der Waals surface area contributed by atoms with Crippen LogP contribution in [0.15, 0.2) is 47.3 Å². The fraction of sp³-hybridized carbons (Fsp3) is 0.188. The van der Waals surface area contributed by atoms with E-state index in [0.717, 1.165) is 20.2 Å². The standard InChI is InChI=1S/C14H10OS.C2H6/c1-9-5-4-7-11-13(15)10-6-2-3-8-12(10)16-14(9)11;1-2/h2-8H,1H3;1-2H3. The van der Waals surface area contributed by atoms with Gasteiger partial charge in [0.25, 0.3) is 0 Å². The fourth-order valence-electron chi connectivity index (χ4n) is 1.97. The van der Waals surface area contributed by atoms with Crippen molar-refractivity contribution in [1.29, 1.82) is 0 Å². The summed E-state index contributed by atoms with van der Waals surface area (Å²) in [6, 6.07) is 13.7. The third-order valence-corrected chi connectivity index (χ3v) is 4.12. The number of fused-ring (bicyclic) bond motifs is 2. The summed E-state index contributed by atoms with van der Waals surface area (Å²) in [5, 5.41) is 1.66. The van der Waals surface area contributed by atoms with Crippen LogP contribution in [0, 0.1) is 6.92 Å². The average Bonchev–Trinajstić information content (AvgIpc) is 2.43. The molecule has 18 heavy (non-hydrogen) atoms. The van der Waals surface area contributed by atoms with E-state index >= 15 is 0 Å². The van der Waals surface area contributed by atoms with Crippen LogP contribution in [0.5, 0.6) is 0 Å². The van der Waals surface area contributed by atoms with E-state index in [-0.39, 0.29) is 5.43 Å². The van der Waals surface area contributed by atoms with Gasteiger partial charge in [0.2, 0.25) is 0 Å². The summed E-state index contributed by atoms with van der Waals surface area (Å²) >= 11 is 1.69. The molecule has 0 saturated carbocycles. The van der Waals surface area contributed by atoms with Gasteiger partial charge in [0.1, 0.15) is 0 Å². The average molecular weight is 256 g/mol. The van der Waals surface area contributed by atoms with Crippen LogP contribution in [0.1, 0.15) is 19.4 Å². The molecule has 0 spiro atoms. The van der Waals surface area contributed by atoms with Gasteiger partial charge in [0.15, 0.2) is 5.43 Å². The van der Waals surface area contributed by atoms with E-state index in [0.29, 0.717) is 0 Å². The highest BCUT2D eigenvalue weighted by Crippen LogP contribution is 2.26. The number of benzene rings is 2. The monoisotopic (exact) mass is 256 g/mol. The van der Waals surface area contributed by atoms with E-state index in [1.165, 1.54) is 5.56 Å². The minimum absolute atomic E-state index is 0.146. The van der Waals surface area contributed by atoms with Crippen LogP contribution in [-0.2, 0) is 0 Å². The zero-order valence-electron chi connectivity index (χ0n) is 10.9. The first kappa shape index (κ1) is 12.8. The van der Waals surface area contributed by atoms with Crippen LogP contribution in [0.2, 0.25) is 0 Å². The number of aryl methyl sites for hydroxylation is 1. The molecule has 1 aromatic heterocycles. The van der Waals surface area contributed by atoms with Crippen molar-refractivity contribution in [3.05, 3.63) is 58.3 Å². The summed E-state index contributed by atoms with van der Waals surface area (Å²) in [4.78, 5) is 12.2. The molecule has 0 N–H and O–H groups in total. The Hall–Kier alpha value is -1.67. The van der Waals surface area contributed by atoms with E-state index in [4.69, 9.17) is 0 Å². The van der Waals surface area contributed by atoms with Crippen molar-refractivity contribution in [3.63, 3.8) is 0 Å². The van der Waals surface area contributed by atoms with Gasteiger partial charge >= 0.3 is 0 Å². The Balaban J connectivity index is 0.000000574. The summed E-state index contributed by atoms with van der Waals surface area (Å²) in [6.07, 6.45) is 0. The lowest BCUT2D eigenvalue weighted by Crippen LogP contribution is -2.00. The second-order valence-corrected chi connectivity index (χ2v) is 4.93. The van der Waals surface area contributed by atoms with Gasteiger partial charge in [-0.2, -0.15) is 0 Å². The van der Waals surface area contributed by atoms with Gasteiger partial charge in [0, 0.05) is 20.2 Å². The lowest BCUT2D eigenvalue weighted by molar-refractivity contribution is 1.50. The highest BCUT2D eigenvalue weighted by Gasteiger charge is 2.06. The summed E-state index contributed by atoms with van der Waals surface area (Å²) in [5.41, 5.74) is 1.32. The maximum Gasteiger partial charge on any atom is 0.195 e. The number of hydrogen-bond acceptors (Lipinski definition) is 2. The van der Waals surface area contributed by atoms with Crippen LogP contribution in [0.3, 0.4) is 0 Å². The fourth-order valence-corrected chi connectivity index (χ4v) is 3.10. The predicted octanol–water partition coefficient (Wildman–Crippen LogP) is 4.75. The first-order valence-electron chi connectivity index (χ1n) is 6.18. The molecule has 0 saturated heterocycles. The second-order valence-electron chi connectivity index (χ2n) is 3.88. The molecule has 0 amide bonds. The molecule has 0 aliphatic rings. The zero-order valence-corrected chi connectivity index (χ0v) is 11.7. The molecule has 0 aliphatic heterocycles. The first-order chi connectivity index (χ1) is 8.77. The molecule has 0 aliphatic carbocycles. The number of hydrogen-bond donors (Lipinski definition) is 0. The molecule has 2 aromatic carbocycles. The van der Waals surface area contributed by atoms with E-state index in [9.17, 15) is 4.79 Å². The van der Waals surface area contributed by atoms with Gasteiger partial charge in [0.05, 0.1) is 0 Å². The third-order valence-electron chi connectivity index (χ3n) is 2.80. The molecule has 92 valence electrons. The molecule has 0 bridgehead atoms. The van der Waals surface area contributed by atoms with Gasteiger partial charge in [-0.15, -0.1) is 11.3 Å². The first-order valence-corrected chi connectivity index (χ1v) is 7.00. The largest absolute Gasteiger partial charge is 0.289 e. The van der Waals surface area contributed by atoms with Gasteiger partial charge in [-0.3, -0.25) is 4.79 Å². The minimum Gasteiger partial charge on any atom is -0.289 e. The molecular weight excluding hydrogens is 240 g/mol. The van der Waals surface area contributed by atoms with Gasteiger partial charge in [-0.05, 0) is 30.7 Å². The van der Waals surface area contributed by atoms with Crippen molar-refractivity contribution >= 4 is 31.5 Å². The minimum atomic E-state index is 0.146. The predicted molar refractivity (Wildman–Crippen MR) is 81.7 cm³/mol. The summed E-state index contributed by atoms with van der Waals surface area (Å²) in [7, 11) is 0. The Labute approximate surface area is 111 Å². The van der Waals surface area contributed by atoms with Crippen LogP contribution in [0.4, 0.5) is 0 Å². The second kappa shape index (κ2) is 5.32. The molecule has 1 nitrogen and oxygen atoms in total. The Bertz CT molecular complexity index is 741. The maximum atomic E-state index is 12.2. The lowest BCUT2D eigenvalue weighted by Gasteiger charge is -2.02. The zero-order chi connectivity index (χ0) is 13.1. The van der Waals surface area contributed by atoms with Crippen LogP contribution in [-0.4, -0.2) is 0 Å². The Morgan fingerprint density at radius 1 is 0.889 bits per heavy atom. The summed E-state index contributed by atoms with van der Waals surface area (Å²) < 4.78 is 2.17. The lowest BCUT2D eigenvalue weighted by atomic mass is 10.1. The quantitative estimate of drug-likeness (QED) is 0.530. The van der Waals surface area contributed by atoms with Crippen molar-refractivity contribution in [3.8, 4) is 0 Å². The van der Waals surface area contributed by atoms with Crippen LogP contribution < -0.4 is 5.43 Å². The van der Waals surface area contributed by atoms with Crippen LogP contribution in [0.25, 0.3) is 20.2 Å². The topological polar surface area (TPSA) is 17.1 Å². The third kappa shape index (κ3) is 2.04. The summed E-state index contributed by atoms with van der Waals surface area (Å²) in [5.74, 6) is 0. The van der Waals surface area contributed by atoms with Crippen molar-refractivity contribution in [2.45, 2.75) is 20.8 Å². The van der Waals surface area contributed by atoms with Crippen molar-refractivity contribution in [2.24, 2.45) is 0 Å². The number of rotatable bonds is 0. The van der Waals surface area contributed by atoms with Gasteiger partial charge < -0.3 is 0 Å². The Morgan fingerprint density at radius 2 is 1.56 bits per heavy atom. The Morgan fingerprint density at radius 3 is 2.33 bits per heavy atom. The van der Waals surface area contributed by atoms with E-state index in [2.05, 4.69) is 0 Å². The van der Waals surface area contributed by atoms with Gasteiger partial charge in [-0.25, -0.2) is 0 Å². The molecular formula is C16H16OS. The van der Waals surface area contributed by atoms with Crippen molar-refractivity contribution in [1.82, 2.24) is 0 Å². The van der Waals surface area contributed by atoms with Gasteiger partial charge in [-0.1, -0.05) is 38.1 Å². The molecule has 0 unspecified atom stereocenters. The molecule has 0 atom stereocenters. The molecule has 3 rings (SSSR count). The smallest absolute Gasteiger partial charge is 0.195 e. The molecule has 3 aromatic rings. The molecule has 0 radical (unpaired) electrons. The highest BCUT2D eigenvalue weighted by atomic mass is 32.1. The van der Waals surface area contributed by atoms with E-state index in [1.807, 2.05) is 63.2 Å². The normalized spacial score (nSPS) is 10.2. The van der Waals surface area contributed by atoms with Crippen molar-refractivity contribution in [2.75, 3.05) is 0 Å². The van der Waals surface area contributed by atoms with Crippen LogP contribution >= 0.6 is 11.3 Å². The van der Waals surface area contributed by atoms with Crippen molar-refractivity contribution < 1.29 is 0 Å². The Kier molecular flexibility index (Phi) is 3.78.